The molecular weight excluding hydrogens is 422 g/mol. The molecule has 4 rings (SSSR count). The lowest BCUT2D eigenvalue weighted by Gasteiger charge is -2.23. The Morgan fingerprint density at radius 3 is 2.76 bits per heavy atom. The fourth-order valence-corrected chi connectivity index (χ4v) is 3.71. The summed E-state index contributed by atoms with van der Waals surface area (Å²) in [5.41, 5.74) is 3.32. The summed E-state index contributed by atoms with van der Waals surface area (Å²) >= 11 is 0. The zero-order chi connectivity index (χ0) is 23.6. The highest BCUT2D eigenvalue weighted by Gasteiger charge is 2.20. The molecular formula is C23H29N7O3. The van der Waals surface area contributed by atoms with E-state index in [-0.39, 0.29) is 11.6 Å². The zero-order valence-corrected chi connectivity index (χ0v) is 19.3. The van der Waals surface area contributed by atoms with Gasteiger partial charge in [-0.25, -0.2) is 9.78 Å². The van der Waals surface area contributed by atoms with Crippen LogP contribution >= 0.6 is 0 Å². The molecule has 0 atom stereocenters. The largest absolute Gasteiger partial charge is 0.377 e. The van der Waals surface area contributed by atoms with Crippen molar-refractivity contribution in [2.75, 3.05) is 30.5 Å². The van der Waals surface area contributed by atoms with Crippen LogP contribution in [0.25, 0.3) is 22.2 Å². The van der Waals surface area contributed by atoms with E-state index in [1.54, 1.807) is 23.9 Å². The Bertz CT molecular complexity index is 1260. The maximum atomic E-state index is 12.8. The summed E-state index contributed by atoms with van der Waals surface area (Å²) in [7, 11) is 1.63. The topological polar surface area (TPSA) is 117 Å². The molecule has 3 aromatic rings. The van der Waals surface area contributed by atoms with Gasteiger partial charge in [-0.15, -0.1) is 0 Å². The number of aromatic amines is 1. The van der Waals surface area contributed by atoms with Crippen molar-refractivity contribution in [3.63, 3.8) is 0 Å². The SMILES string of the molecule is CCNC(=O)Nc1nc2cc(-c3ccn(CC(C)(C)OC)c(=O)c3)cc(N3CCC=N3)c2[nH]1. The fourth-order valence-electron chi connectivity index (χ4n) is 3.71. The first-order chi connectivity index (χ1) is 15.8. The average Bonchev–Trinajstić information content (AvgIpc) is 3.44. The van der Waals surface area contributed by atoms with E-state index >= 15 is 0 Å². The maximum Gasteiger partial charge on any atom is 0.321 e. The molecule has 0 saturated carbocycles. The highest BCUT2D eigenvalue weighted by molar-refractivity contribution is 5.97. The number of benzene rings is 1. The number of anilines is 2. The van der Waals surface area contributed by atoms with Crippen LogP contribution < -0.4 is 21.2 Å². The summed E-state index contributed by atoms with van der Waals surface area (Å²) in [6, 6.07) is 7.07. The van der Waals surface area contributed by atoms with Gasteiger partial charge >= 0.3 is 6.03 Å². The third-order valence-corrected chi connectivity index (χ3v) is 5.54. The molecule has 0 unspecified atom stereocenters. The Morgan fingerprint density at radius 1 is 1.27 bits per heavy atom. The lowest BCUT2D eigenvalue weighted by Crippen LogP contribution is -2.34. The predicted molar refractivity (Wildman–Crippen MR) is 130 cm³/mol. The Kier molecular flexibility index (Phi) is 6.19. The number of hydrazone groups is 1. The van der Waals surface area contributed by atoms with E-state index in [4.69, 9.17) is 4.74 Å². The second kappa shape index (κ2) is 9.07. The molecule has 10 heteroatoms. The molecule has 1 aromatic carbocycles. The van der Waals surface area contributed by atoms with Crippen molar-refractivity contribution in [1.82, 2.24) is 19.9 Å². The molecule has 0 spiro atoms. The molecule has 3 heterocycles. The van der Waals surface area contributed by atoms with Crippen LogP contribution in [0.1, 0.15) is 27.2 Å². The van der Waals surface area contributed by atoms with E-state index < -0.39 is 5.60 Å². The predicted octanol–water partition coefficient (Wildman–Crippen LogP) is 3.15. The number of rotatable bonds is 7. The fraction of sp³-hybridized carbons (Fsp3) is 0.391. The van der Waals surface area contributed by atoms with Crippen LogP contribution in [0.5, 0.6) is 0 Å². The van der Waals surface area contributed by atoms with Crippen molar-refractivity contribution >= 4 is 34.9 Å². The summed E-state index contributed by atoms with van der Waals surface area (Å²) in [5, 5.41) is 11.7. The van der Waals surface area contributed by atoms with Gasteiger partial charge in [-0.3, -0.25) is 15.1 Å². The minimum atomic E-state index is -0.451. The molecule has 2 aromatic heterocycles. The van der Waals surface area contributed by atoms with E-state index in [2.05, 4.69) is 25.7 Å². The minimum absolute atomic E-state index is 0.112. The van der Waals surface area contributed by atoms with Crippen molar-refractivity contribution in [2.45, 2.75) is 39.3 Å². The molecule has 0 bridgehead atoms. The average molecular weight is 452 g/mol. The number of ether oxygens (including phenoxy) is 1. The number of methoxy groups -OCH3 is 1. The van der Waals surface area contributed by atoms with Crippen LogP contribution in [0, 0.1) is 0 Å². The van der Waals surface area contributed by atoms with Gasteiger partial charge in [0.25, 0.3) is 5.56 Å². The van der Waals surface area contributed by atoms with Crippen molar-refractivity contribution in [2.24, 2.45) is 5.10 Å². The van der Waals surface area contributed by atoms with Crippen molar-refractivity contribution in [3.05, 3.63) is 40.8 Å². The van der Waals surface area contributed by atoms with Crippen molar-refractivity contribution in [3.8, 4) is 11.1 Å². The molecule has 1 aliphatic heterocycles. The van der Waals surface area contributed by atoms with Gasteiger partial charge in [0.2, 0.25) is 5.95 Å². The summed E-state index contributed by atoms with van der Waals surface area (Å²) < 4.78 is 7.09. The smallest absolute Gasteiger partial charge is 0.321 e. The zero-order valence-electron chi connectivity index (χ0n) is 19.3. The molecule has 1 aliphatic rings. The van der Waals surface area contributed by atoms with Gasteiger partial charge in [0.1, 0.15) is 0 Å². The number of nitrogens with zero attached hydrogens (tertiary/aromatic N) is 4. The molecule has 0 aliphatic carbocycles. The van der Waals surface area contributed by atoms with E-state index in [1.807, 2.05) is 50.2 Å². The van der Waals surface area contributed by atoms with Gasteiger partial charge < -0.3 is 19.6 Å². The molecule has 174 valence electrons. The van der Waals surface area contributed by atoms with Crippen LogP contribution in [0.3, 0.4) is 0 Å². The number of H-pyrrole nitrogens is 1. The number of hydrogen-bond donors (Lipinski definition) is 3. The number of amides is 2. The van der Waals surface area contributed by atoms with Crippen LogP contribution in [0.15, 0.2) is 40.4 Å². The van der Waals surface area contributed by atoms with E-state index in [9.17, 15) is 9.59 Å². The Labute approximate surface area is 191 Å². The molecule has 0 radical (unpaired) electrons. The lowest BCUT2D eigenvalue weighted by atomic mass is 10.0. The number of aromatic nitrogens is 3. The van der Waals surface area contributed by atoms with Gasteiger partial charge in [0, 0.05) is 45.1 Å². The first-order valence-corrected chi connectivity index (χ1v) is 10.9. The van der Waals surface area contributed by atoms with Crippen molar-refractivity contribution < 1.29 is 9.53 Å². The highest BCUT2D eigenvalue weighted by Crippen LogP contribution is 2.33. The van der Waals surface area contributed by atoms with Crippen LogP contribution in [-0.2, 0) is 11.3 Å². The Morgan fingerprint density at radius 2 is 2.09 bits per heavy atom. The van der Waals surface area contributed by atoms with E-state index in [0.717, 1.165) is 35.3 Å². The standard InChI is InChI=1S/C23H29N7O3/c1-5-24-22(32)28-21-26-17-11-16(12-18(20(17)27-21)30-9-6-8-25-30)15-7-10-29(19(31)13-15)14-23(2,3)33-4/h7-8,10-13H,5-6,9,14H2,1-4H3,(H3,24,26,27,28,32). The molecule has 33 heavy (non-hydrogen) atoms. The number of imidazole rings is 1. The molecule has 2 amide bonds. The number of carbonyl (C=O) groups is 1. The lowest BCUT2D eigenvalue weighted by molar-refractivity contribution is 0.00739. The molecule has 10 nitrogen and oxygen atoms in total. The normalized spacial score (nSPS) is 13.6. The van der Waals surface area contributed by atoms with Gasteiger partial charge in [-0.05, 0) is 50.1 Å². The highest BCUT2D eigenvalue weighted by atomic mass is 16.5. The quantitative estimate of drug-likeness (QED) is 0.510. The molecule has 3 N–H and O–H groups in total. The number of pyridine rings is 1. The minimum Gasteiger partial charge on any atom is -0.377 e. The Hall–Kier alpha value is -3.66. The summed E-state index contributed by atoms with van der Waals surface area (Å²) in [5.74, 6) is 0.342. The Balaban J connectivity index is 1.75. The molecule has 0 saturated heterocycles. The van der Waals surface area contributed by atoms with Crippen LogP contribution in [-0.4, -0.2) is 52.6 Å². The summed E-state index contributed by atoms with van der Waals surface area (Å²) in [6.45, 7) is 7.42. The summed E-state index contributed by atoms with van der Waals surface area (Å²) in [4.78, 5) is 32.5. The third kappa shape index (κ3) is 4.90. The monoisotopic (exact) mass is 451 g/mol. The number of hydrogen-bond acceptors (Lipinski definition) is 6. The first-order valence-electron chi connectivity index (χ1n) is 10.9. The van der Waals surface area contributed by atoms with Gasteiger partial charge in [0.05, 0.1) is 28.9 Å². The van der Waals surface area contributed by atoms with Crippen LogP contribution in [0.2, 0.25) is 0 Å². The number of fused-ring (bicyclic) bond motifs is 1. The first kappa shape index (κ1) is 22.5. The second-order valence-electron chi connectivity index (χ2n) is 8.51. The van der Waals surface area contributed by atoms with Gasteiger partial charge in [-0.2, -0.15) is 5.10 Å². The third-order valence-electron chi connectivity index (χ3n) is 5.54. The maximum absolute atomic E-state index is 12.8. The van der Waals surface area contributed by atoms with Gasteiger partial charge in [0.15, 0.2) is 0 Å². The number of nitrogens with one attached hydrogen (secondary N) is 3. The van der Waals surface area contributed by atoms with Gasteiger partial charge in [-0.1, -0.05) is 0 Å². The van der Waals surface area contributed by atoms with Crippen molar-refractivity contribution in [1.29, 1.82) is 0 Å². The van der Waals surface area contributed by atoms with Crippen LogP contribution in [0.4, 0.5) is 16.4 Å². The number of carbonyl (C=O) groups excluding carboxylic acids is 1. The molecule has 0 fully saturated rings. The van der Waals surface area contributed by atoms with E-state index in [1.165, 1.54) is 0 Å². The number of urea groups is 1. The van der Waals surface area contributed by atoms with E-state index in [0.29, 0.717) is 24.6 Å². The summed E-state index contributed by atoms with van der Waals surface area (Å²) in [6.07, 6.45) is 4.49. The second-order valence-corrected chi connectivity index (χ2v) is 8.51.